The third-order valence-corrected chi connectivity index (χ3v) is 3.76. The number of nitrogens with zero attached hydrogens (tertiary/aromatic N) is 3. The number of hydrogen-bond donors (Lipinski definition) is 3. The molecule has 1 aromatic heterocycles. The van der Waals surface area contributed by atoms with Crippen molar-refractivity contribution in [3.8, 4) is 5.75 Å². The number of aromatic nitrogens is 1. The SMILES string of the molecule is C=C(Oc1ccccc1/N=N/c1ccc(NC(=O)CN)nc1N)C1CC1. The van der Waals surface area contributed by atoms with Crippen LogP contribution >= 0.6 is 0 Å². The molecule has 1 fully saturated rings. The molecule has 0 aliphatic heterocycles. The Morgan fingerprint density at radius 2 is 1.96 bits per heavy atom. The molecule has 1 aliphatic carbocycles. The summed E-state index contributed by atoms with van der Waals surface area (Å²) >= 11 is 0. The van der Waals surface area contributed by atoms with Gasteiger partial charge in [-0.25, -0.2) is 4.98 Å². The topological polar surface area (TPSA) is 128 Å². The number of amides is 1. The van der Waals surface area contributed by atoms with Gasteiger partial charge in [0, 0.05) is 5.92 Å². The summed E-state index contributed by atoms with van der Waals surface area (Å²) in [5.74, 6) is 1.86. The number of carbonyl (C=O) groups excluding carboxylic acids is 1. The number of benzene rings is 1. The molecule has 26 heavy (non-hydrogen) atoms. The first-order valence-electron chi connectivity index (χ1n) is 8.20. The van der Waals surface area contributed by atoms with Gasteiger partial charge < -0.3 is 21.5 Å². The van der Waals surface area contributed by atoms with Crippen molar-refractivity contribution < 1.29 is 9.53 Å². The number of nitrogens with one attached hydrogen (secondary N) is 1. The van der Waals surface area contributed by atoms with Crippen LogP contribution in [0.2, 0.25) is 0 Å². The third-order valence-electron chi connectivity index (χ3n) is 3.76. The molecule has 3 rings (SSSR count). The molecular formula is C18H20N6O2. The van der Waals surface area contributed by atoms with E-state index in [9.17, 15) is 4.79 Å². The maximum absolute atomic E-state index is 11.3. The summed E-state index contributed by atoms with van der Waals surface area (Å²) in [6, 6.07) is 10.5. The minimum absolute atomic E-state index is 0.133. The molecule has 8 heteroatoms. The molecule has 134 valence electrons. The van der Waals surface area contributed by atoms with Crippen LogP contribution in [0, 0.1) is 5.92 Å². The highest BCUT2D eigenvalue weighted by atomic mass is 16.5. The van der Waals surface area contributed by atoms with Crippen LogP contribution in [0.15, 0.2) is 59.0 Å². The molecule has 1 aromatic carbocycles. The van der Waals surface area contributed by atoms with Crippen molar-refractivity contribution in [1.82, 2.24) is 4.98 Å². The highest BCUT2D eigenvalue weighted by molar-refractivity contribution is 5.91. The summed E-state index contributed by atoms with van der Waals surface area (Å²) in [5.41, 5.74) is 12.1. The van der Waals surface area contributed by atoms with E-state index in [1.54, 1.807) is 18.2 Å². The van der Waals surface area contributed by atoms with Gasteiger partial charge in [0.1, 0.15) is 23.0 Å². The van der Waals surface area contributed by atoms with Crippen LogP contribution in [-0.2, 0) is 4.79 Å². The Kier molecular flexibility index (Phi) is 5.23. The van der Waals surface area contributed by atoms with Crippen LogP contribution in [0.1, 0.15) is 12.8 Å². The summed E-state index contributed by atoms with van der Waals surface area (Å²) in [7, 11) is 0. The van der Waals surface area contributed by atoms with Crippen molar-refractivity contribution >= 4 is 28.9 Å². The average Bonchev–Trinajstić information content (AvgIpc) is 3.47. The molecular weight excluding hydrogens is 332 g/mol. The molecule has 1 saturated carbocycles. The molecule has 0 unspecified atom stereocenters. The van der Waals surface area contributed by atoms with Gasteiger partial charge in [-0.05, 0) is 37.1 Å². The van der Waals surface area contributed by atoms with Crippen LogP contribution in [0.5, 0.6) is 5.75 Å². The largest absolute Gasteiger partial charge is 0.460 e. The van der Waals surface area contributed by atoms with E-state index in [1.165, 1.54) is 0 Å². The lowest BCUT2D eigenvalue weighted by atomic mass is 10.3. The Morgan fingerprint density at radius 1 is 1.23 bits per heavy atom. The molecule has 1 aliphatic rings. The first kappa shape index (κ1) is 17.6. The number of ether oxygens (including phenoxy) is 1. The van der Waals surface area contributed by atoms with Gasteiger partial charge in [-0.2, -0.15) is 0 Å². The number of nitrogen functional groups attached to an aromatic ring is 1. The first-order chi connectivity index (χ1) is 12.6. The fourth-order valence-electron chi connectivity index (χ4n) is 2.18. The maximum Gasteiger partial charge on any atom is 0.239 e. The Hall–Kier alpha value is -3.26. The second-order valence-corrected chi connectivity index (χ2v) is 5.86. The number of hydrogen-bond acceptors (Lipinski definition) is 7. The Morgan fingerprint density at radius 3 is 2.65 bits per heavy atom. The van der Waals surface area contributed by atoms with Crippen LogP contribution < -0.4 is 21.5 Å². The fraction of sp³-hybridized carbons (Fsp3) is 0.222. The van der Waals surface area contributed by atoms with Crippen LogP contribution in [-0.4, -0.2) is 17.4 Å². The van der Waals surface area contributed by atoms with Crippen LogP contribution in [0.4, 0.5) is 23.0 Å². The molecule has 0 saturated heterocycles. The van der Waals surface area contributed by atoms with Gasteiger partial charge in [-0.15, -0.1) is 10.2 Å². The molecule has 2 aromatic rings. The number of pyridine rings is 1. The number of nitrogens with two attached hydrogens (primary N) is 2. The zero-order chi connectivity index (χ0) is 18.5. The van der Waals surface area contributed by atoms with Gasteiger partial charge >= 0.3 is 0 Å². The van der Waals surface area contributed by atoms with Crippen molar-refractivity contribution in [3.05, 3.63) is 48.7 Å². The number of para-hydroxylation sites is 1. The van der Waals surface area contributed by atoms with Gasteiger partial charge in [0.05, 0.1) is 6.54 Å². The van der Waals surface area contributed by atoms with E-state index in [1.807, 2.05) is 18.2 Å². The molecule has 8 nitrogen and oxygen atoms in total. The Balaban J connectivity index is 1.75. The van der Waals surface area contributed by atoms with Crippen molar-refractivity contribution in [2.45, 2.75) is 12.8 Å². The minimum Gasteiger partial charge on any atom is -0.460 e. The van der Waals surface area contributed by atoms with Crippen molar-refractivity contribution in [1.29, 1.82) is 0 Å². The molecule has 1 amide bonds. The van der Waals surface area contributed by atoms with E-state index in [-0.39, 0.29) is 18.3 Å². The standard InChI is InChI=1S/C18H20N6O2/c1-11(12-6-7-12)26-15-5-3-2-4-13(15)23-24-14-8-9-16(22-18(14)20)21-17(25)10-19/h2-5,8-9,12H,1,6-7,10,19H2,(H3,20,21,22,25)/b24-23+. The predicted molar refractivity (Wildman–Crippen MR) is 99.4 cm³/mol. The van der Waals surface area contributed by atoms with Crippen molar-refractivity contribution in [3.63, 3.8) is 0 Å². The molecule has 0 bridgehead atoms. The molecule has 0 spiro atoms. The van der Waals surface area contributed by atoms with E-state index in [0.717, 1.165) is 18.6 Å². The smallest absolute Gasteiger partial charge is 0.239 e. The molecule has 1 heterocycles. The summed E-state index contributed by atoms with van der Waals surface area (Å²) in [6.07, 6.45) is 2.22. The van der Waals surface area contributed by atoms with Crippen molar-refractivity contribution in [2.75, 3.05) is 17.6 Å². The second kappa shape index (κ2) is 7.75. The van der Waals surface area contributed by atoms with E-state index in [2.05, 4.69) is 27.1 Å². The second-order valence-electron chi connectivity index (χ2n) is 5.86. The lowest BCUT2D eigenvalue weighted by Gasteiger charge is -2.09. The third kappa shape index (κ3) is 4.42. The number of allylic oxidation sites excluding steroid dienone is 1. The summed E-state index contributed by atoms with van der Waals surface area (Å²) in [5, 5.41) is 10.9. The monoisotopic (exact) mass is 352 g/mol. The van der Waals surface area contributed by atoms with Gasteiger partial charge in [-0.1, -0.05) is 18.7 Å². The quantitative estimate of drug-likeness (QED) is 0.520. The number of anilines is 2. The lowest BCUT2D eigenvalue weighted by Crippen LogP contribution is -2.22. The summed E-state index contributed by atoms with van der Waals surface area (Å²) < 4.78 is 5.81. The van der Waals surface area contributed by atoms with Crippen molar-refractivity contribution in [2.24, 2.45) is 21.9 Å². The summed E-state index contributed by atoms with van der Waals surface area (Å²) in [6.45, 7) is 3.82. The zero-order valence-electron chi connectivity index (χ0n) is 14.2. The minimum atomic E-state index is -0.353. The Labute approximate surface area is 151 Å². The molecule has 5 N–H and O–H groups in total. The van der Waals surface area contributed by atoms with Gasteiger partial charge in [0.15, 0.2) is 11.6 Å². The maximum atomic E-state index is 11.3. The number of carbonyl (C=O) groups is 1. The highest BCUT2D eigenvalue weighted by Crippen LogP contribution is 2.39. The van der Waals surface area contributed by atoms with Gasteiger partial charge in [0.25, 0.3) is 0 Å². The van der Waals surface area contributed by atoms with E-state index in [4.69, 9.17) is 16.2 Å². The molecule has 0 atom stereocenters. The zero-order valence-corrected chi connectivity index (χ0v) is 14.2. The van der Waals surface area contributed by atoms with Crippen LogP contribution in [0.25, 0.3) is 0 Å². The van der Waals surface area contributed by atoms with E-state index < -0.39 is 0 Å². The normalized spacial score (nSPS) is 13.6. The van der Waals surface area contributed by atoms with Crippen LogP contribution in [0.3, 0.4) is 0 Å². The Bertz CT molecular complexity index is 861. The van der Waals surface area contributed by atoms with E-state index >= 15 is 0 Å². The van der Waals surface area contributed by atoms with Gasteiger partial charge in [0.2, 0.25) is 5.91 Å². The average molecular weight is 352 g/mol. The molecule has 0 radical (unpaired) electrons. The lowest BCUT2D eigenvalue weighted by molar-refractivity contribution is -0.114. The highest BCUT2D eigenvalue weighted by Gasteiger charge is 2.26. The van der Waals surface area contributed by atoms with E-state index in [0.29, 0.717) is 28.9 Å². The van der Waals surface area contributed by atoms with Gasteiger partial charge in [-0.3, -0.25) is 4.79 Å². The summed E-state index contributed by atoms with van der Waals surface area (Å²) in [4.78, 5) is 15.4. The number of azo groups is 1. The fourth-order valence-corrected chi connectivity index (χ4v) is 2.18. The number of rotatable bonds is 7. The predicted octanol–water partition coefficient (Wildman–Crippen LogP) is 3.28. The first-order valence-corrected chi connectivity index (χ1v) is 8.20.